The van der Waals surface area contributed by atoms with Gasteiger partial charge in [0.05, 0.1) is 0 Å². The molecule has 2 aliphatic heterocycles. The average Bonchev–Trinajstić information content (AvgIpc) is 3.00. The molecule has 0 amide bonds. The fraction of sp³-hybridized carbons (Fsp3) is 0.647. The minimum Gasteiger partial charge on any atom is -0.312 e. The highest BCUT2D eigenvalue weighted by atomic mass is 15.2. The third-order valence-corrected chi connectivity index (χ3v) is 5.48. The summed E-state index contributed by atoms with van der Waals surface area (Å²) in [7, 11) is 0. The second-order valence-electron chi connectivity index (χ2n) is 6.70. The van der Waals surface area contributed by atoms with Gasteiger partial charge in [0.15, 0.2) is 0 Å². The van der Waals surface area contributed by atoms with Crippen LogP contribution in [-0.4, -0.2) is 31.1 Å². The number of nitrogens with one attached hydrogen (secondary N) is 1. The van der Waals surface area contributed by atoms with Gasteiger partial charge < -0.3 is 10.2 Å². The molecule has 0 aromatic heterocycles. The topological polar surface area (TPSA) is 15.3 Å². The average molecular weight is 256 g/mol. The molecule has 2 fully saturated rings. The Kier molecular flexibility index (Phi) is 3.08. The van der Waals surface area contributed by atoms with Crippen LogP contribution in [0.1, 0.15) is 36.3 Å². The lowest BCUT2D eigenvalue weighted by molar-refractivity contribution is 0.282. The lowest BCUT2D eigenvalue weighted by Gasteiger charge is -2.30. The van der Waals surface area contributed by atoms with Crippen molar-refractivity contribution >= 4 is 0 Å². The molecule has 102 valence electrons. The van der Waals surface area contributed by atoms with Crippen molar-refractivity contribution in [3.8, 4) is 0 Å². The smallest absolute Gasteiger partial charge is 0.0208 e. The molecule has 2 heterocycles. The molecule has 1 aromatic carbocycles. The van der Waals surface area contributed by atoms with E-state index in [0.29, 0.717) is 5.92 Å². The van der Waals surface area contributed by atoms with Crippen molar-refractivity contribution in [3.05, 3.63) is 35.4 Å². The molecule has 4 rings (SSSR count). The minimum atomic E-state index is 0.698. The normalized spacial score (nSPS) is 34.2. The van der Waals surface area contributed by atoms with Crippen LogP contribution in [0.5, 0.6) is 0 Å². The van der Waals surface area contributed by atoms with Crippen molar-refractivity contribution in [2.75, 3.05) is 26.2 Å². The Morgan fingerprint density at radius 1 is 1.11 bits per heavy atom. The molecule has 0 bridgehead atoms. The highest BCUT2D eigenvalue weighted by Crippen LogP contribution is 2.38. The number of nitrogens with zero attached hydrogens (tertiary/aromatic N) is 1. The van der Waals surface area contributed by atoms with Crippen molar-refractivity contribution in [1.82, 2.24) is 10.2 Å². The number of likely N-dealkylation sites (tertiary alicyclic amines) is 1. The standard InChI is InChI=1S/C17H24N2/c1-2-7-17-13(4-1)8-18-9-16(17)12-19-10-14-5-3-6-15(14)11-19/h1-2,4,7,14-16,18H,3,5-6,8-12H2. The minimum absolute atomic E-state index is 0.698. The molecule has 0 spiro atoms. The second kappa shape index (κ2) is 4.92. The van der Waals surface area contributed by atoms with Gasteiger partial charge in [-0.05, 0) is 35.8 Å². The van der Waals surface area contributed by atoms with E-state index in [0.717, 1.165) is 24.9 Å². The Bertz CT molecular complexity index is 444. The van der Waals surface area contributed by atoms with Crippen molar-refractivity contribution < 1.29 is 0 Å². The van der Waals surface area contributed by atoms with Crippen molar-refractivity contribution in [2.45, 2.75) is 31.7 Å². The van der Waals surface area contributed by atoms with Gasteiger partial charge in [-0.15, -0.1) is 0 Å². The van der Waals surface area contributed by atoms with E-state index in [2.05, 4.69) is 34.5 Å². The van der Waals surface area contributed by atoms with Crippen molar-refractivity contribution in [2.24, 2.45) is 11.8 Å². The van der Waals surface area contributed by atoms with Crippen LogP contribution in [0.2, 0.25) is 0 Å². The summed E-state index contributed by atoms with van der Waals surface area (Å²) in [5.41, 5.74) is 3.11. The van der Waals surface area contributed by atoms with Crippen LogP contribution in [0.3, 0.4) is 0 Å². The third kappa shape index (κ3) is 2.21. The van der Waals surface area contributed by atoms with Crippen LogP contribution in [0.15, 0.2) is 24.3 Å². The largest absolute Gasteiger partial charge is 0.312 e. The summed E-state index contributed by atoms with van der Waals surface area (Å²) in [5, 5.41) is 3.59. The number of rotatable bonds is 2. The molecule has 1 N–H and O–H groups in total. The highest BCUT2D eigenvalue weighted by Gasteiger charge is 2.37. The molecule has 2 nitrogen and oxygen atoms in total. The van der Waals surface area contributed by atoms with Crippen LogP contribution in [0.25, 0.3) is 0 Å². The number of fused-ring (bicyclic) bond motifs is 2. The lowest BCUT2D eigenvalue weighted by atomic mass is 9.90. The van der Waals surface area contributed by atoms with E-state index in [-0.39, 0.29) is 0 Å². The Labute approximate surface area is 116 Å². The predicted molar refractivity (Wildman–Crippen MR) is 78.2 cm³/mol. The van der Waals surface area contributed by atoms with Crippen LogP contribution in [0.4, 0.5) is 0 Å². The van der Waals surface area contributed by atoms with Gasteiger partial charge in [0.25, 0.3) is 0 Å². The maximum Gasteiger partial charge on any atom is 0.0208 e. The predicted octanol–water partition coefficient (Wildman–Crippen LogP) is 2.61. The lowest BCUT2D eigenvalue weighted by Crippen LogP contribution is -2.36. The van der Waals surface area contributed by atoms with Crippen LogP contribution < -0.4 is 5.32 Å². The Hall–Kier alpha value is -0.860. The molecule has 1 aromatic rings. The van der Waals surface area contributed by atoms with Crippen LogP contribution in [0, 0.1) is 11.8 Å². The zero-order chi connectivity index (χ0) is 12.7. The quantitative estimate of drug-likeness (QED) is 0.875. The summed E-state index contributed by atoms with van der Waals surface area (Å²) in [4.78, 5) is 2.74. The fourth-order valence-corrected chi connectivity index (χ4v) is 4.54. The SMILES string of the molecule is c1ccc2c(c1)CNCC2CN1CC2CCCC2C1. The van der Waals surface area contributed by atoms with Gasteiger partial charge in [-0.3, -0.25) is 0 Å². The summed E-state index contributed by atoms with van der Waals surface area (Å²) in [6.07, 6.45) is 4.46. The van der Waals surface area contributed by atoms with Gasteiger partial charge in [-0.1, -0.05) is 30.7 Å². The van der Waals surface area contributed by atoms with E-state index in [1.807, 2.05) is 0 Å². The van der Waals surface area contributed by atoms with Crippen LogP contribution in [-0.2, 0) is 6.54 Å². The first kappa shape index (κ1) is 11.9. The van der Waals surface area contributed by atoms with Gasteiger partial charge in [0.1, 0.15) is 0 Å². The van der Waals surface area contributed by atoms with Gasteiger partial charge in [-0.2, -0.15) is 0 Å². The monoisotopic (exact) mass is 256 g/mol. The first-order valence-corrected chi connectivity index (χ1v) is 7.91. The molecular formula is C17H24N2. The van der Waals surface area contributed by atoms with Crippen molar-refractivity contribution in [1.29, 1.82) is 0 Å². The third-order valence-electron chi connectivity index (χ3n) is 5.48. The Morgan fingerprint density at radius 3 is 2.74 bits per heavy atom. The summed E-state index contributed by atoms with van der Waals surface area (Å²) in [6, 6.07) is 9.00. The first-order valence-electron chi connectivity index (χ1n) is 7.91. The molecular weight excluding hydrogens is 232 g/mol. The molecule has 2 heteroatoms. The Morgan fingerprint density at radius 2 is 1.89 bits per heavy atom. The van der Waals surface area contributed by atoms with Crippen LogP contribution >= 0.6 is 0 Å². The molecule has 1 saturated carbocycles. The summed E-state index contributed by atoms with van der Waals surface area (Å²) < 4.78 is 0. The molecule has 3 unspecified atom stereocenters. The number of hydrogen-bond donors (Lipinski definition) is 1. The molecule has 3 atom stereocenters. The van der Waals surface area contributed by atoms with E-state index in [1.54, 1.807) is 5.56 Å². The zero-order valence-corrected chi connectivity index (χ0v) is 11.6. The van der Waals surface area contributed by atoms with E-state index in [9.17, 15) is 0 Å². The van der Waals surface area contributed by atoms with E-state index < -0.39 is 0 Å². The molecule has 19 heavy (non-hydrogen) atoms. The van der Waals surface area contributed by atoms with E-state index in [1.165, 1.54) is 44.5 Å². The Balaban J connectivity index is 1.47. The van der Waals surface area contributed by atoms with Gasteiger partial charge in [0, 0.05) is 38.6 Å². The van der Waals surface area contributed by atoms with Crippen molar-refractivity contribution in [3.63, 3.8) is 0 Å². The summed E-state index contributed by atoms with van der Waals surface area (Å²) >= 11 is 0. The number of hydrogen-bond acceptors (Lipinski definition) is 2. The zero-order valence-electron chi connectivity index (χ0n) is 11.6. The van der Waals surface area contributed by atoms with Gasteiger partial charge in [0.2, 0.25) is 0 Å². The number of benzene rings is 1. The maximum atomic E-state index is 3.59. The second-order valence-corrected chi connectivity index (χ2v) is 6.70. The molecule has 1 aliphatic carbocycles. The first-order chi connectivity index (χ1) is 9.40. The summed E-state index contributed by atoms with van der Waals surface area (Å²) in [5.74, 6) is 2.74. The van der Waals surface area contributed by atoms with Gasteiger partial charge >= 0.3 is 0 Å². The molecule has 0 radical (unpaired) electrons. The van der Waals surface area contributed by atoms with E-state index in [4.69, 9.17) is 0 Å². The van der Waals surface area contributed by atoms with Gasteiger partial charge in [-0.25, -0.2) is 0 Å². The van der Waals surface area contributed by atoms with E-state index >= 15 is 0 Å². The maximum absolute atomic E-state index is 3.59. The summed E-state index contributed by atoms with van der Waals surface area (Å²) in [6.45, 7) is 6.20. The molecule has 1 saturated heterocycles. The highest BCUT2D eigenvalue weighted by molar-refractivity contribution is 5.33. The molecule has 3 aliphatic rings. The fourth-order valence-electron chi connectivity index (χ4n) is 4.54.